The van der Waals surface area contributed by atoms with Gasteiger partial charge in [0.2, 0.25) is 10.0 Å². The summed E-state index contributed by atoms with van der Waals surface area (Å²) in [6.07, 6.45) is 0. The summed E-state index contributed by atoms with van der Waals surface area (Å²) in [5, 5.41) is 3.00. The van der Waals surface area contributed by atoms with E-state index in [0.29, 0.717) is 31.1 Å². The van der Waals surface area contributed by atoms with Gasteiger partial charge in [0.05, 0.1) is 31.1 Å². The van der Waals surface area contributed by atoms with Gasteiger partial charge in [-0.1, -0.05) is 6.07 Å². The molecule has 0 saturated carbocycles. The molecule has 1 aromatic carbocycles. The minimum absolute atomic E-state index is 0.0120. The van der Waals surface area contributed by atoms with Crippen molar-refractivity contribution in [3.05, 3.63) is 29.3 Å². The van der Waals surface area contributed by atoms with E-state index in [9.17, 15) is 13.2 Å². The third kappa shape index (κ3) is 4.84. The lowest BCUT2D eigenvalue weighted by molar-refractivity contribution is -0.917. The Bertz CT molecular complexity index is 761. The van der Waals surface area contributed by atoms with E-state index in [1.165, 1.54) is 4.31 Å². The quantitative estimate of drug-likeness (QED) is 0.797. The Morgan fingerprint density at radius 3 is 2.23 bits per heavy atom. The smallest absolute Gasteiger partial charge is 0.278 e. The minimum atomic E-state index is -3.48. The highest BCUT2D eigenvalue weighted by Crippen LogP contribution is 2.19. The van der Waals surface area contributed by atoms with E-state index in [-0.39, 0.29) is 17.5 Å². The zero-order valence-electron chi connectivity index (χ0n) is 16.7. The first-order valence-corrected chi connectivity index (χ1v) is 10.6. The lowest BCUT2D eigenvalue weighted by atomic mass is 10.1. The third-order valence-electron chi connectivity index (χ3n) is 4.98. The Balaban J connectivity index is 2.03. The van der Waals surface area contributed by atoms with Crippen molar-refractivity contribution in [2.45, 2.75) is 58.0 Å². The second-order valence-electron chi connectivity index (χ2n) is 8.27. The SMILES string of the molecule is Cc1ccc(S(=O)(=O)N2CC[NH+]([C@H](C)C(=O)NC(C)(C)C)CC2)cc1C. The summed E-state index contributed by atoms with van der Waals surface area (Å²) in [4.78, 5) is 13.8. The van der Waals surface area contributed by atoms with E-state index in [2.05, 4.69) is 5.32 Å². The van der Waals surface area contributed by atoms with Gasteiger partial charge < -0.3 is 10.2 Å². The summed E-state index contributed by atoms with van der Waals surface area (Å²) in [6, 6.07) is 5.07. The Morgan fingerprint density at radius 2 is 1.73 bits per heavy atom. The molecule has 1 atom stereocenters. The molecule has 0 aromatic heterocycles. The van der Waals surface area contributed by atoms with Gasteiger partial charge in [0.15, 0.2) is 6.04 Å². The number of carbonyl (C=O) groups excluding carboxylic acids is 1. The van der Waals surface area contributed by atoms with Crippen LogP contribution in [0.15, 0.2) is 23.1 Å². The molecular weight excluding hydrogens is 350 g/mol. The second kappa shape index (κ2) is 7.66. The van der Waals surface area contributed by atoms with Crippen molar-refractivity contribution in [3.63, 3.8) is 0 Å². The molecule has 146 valence electrons. The van der Waals surface area contributed by atoms with Crippen LogP contribution in [0.5, 0.6) is 0 Å². The largest absolute Gasteiger partial charge is 0.346 e. The van der Waals surface area contributed by atoms with Gasteiger partial charge in [0.1, 0.15) is 0 Å². The van der Waals surface area contributed by atoms with Crippen molar-refractivity contribution in [2.24, 2.45) is 0 Å². The number of hydrogen-bond acceptors (Lipinski definition) is 3. The Kier molecular flexibility index (Phi) is 6.15. The third-order valence-corrected chi connectivity index (χ3v) is 6.88. The van der Waals surface area contributed by atoms with Crippen molar-refractivity contribution < 1.29 is 18.1 Å². The molecule has 1 heterocycles. The molecule has 0 bridgehead atoms. The molecular formula is C19H32N3O3S+. The van der Waals surface area contributed by atoms with Gasteiger partial charge >= 0.3 is 0 Å². The summed E-state index contributed by atoms with van der Waals surface area (Å²) >= 11 is 0. The fourth-order valence-corrected chi connectivity index (χ4v) is 4.66. The van der Waals surface area contributed by atoms with E-state index < -0.39 is 10.0 Å². The molecule has 0 spiro atoms. The Labute approximate surface area is 157 Å². The van der Waals surface area contributed by atoms with Crippen LogP contribution in [0.25, 0.3) is 0 Å². The molecule has 1 aliphatic heterocycles. The Morgan fingerprint density at radius 1 is 1.15 bits per heavy atom. The molecule has 7 heteroatoms. The predicted molar refractivity (Wildman–Crippen MR) is 103 cm³/mol. The monoisotopic (exact) mass is 382 g/mol. The van der Waals surface area contributed by atoms with Gasteiger partial charge in [-0.15, -0.1) is 0 Å². The van der Waals surface area contributed by atoms with Gasteiger partial charge in [0, 0.05) is 5.54 Å². The van der Waals surface area contributed by atoms with E-state index in [0.717, 1.165) is 16.0 Å². The summed E-state index contributed by atoms with van der Waals surface area (Å²) in [6.45, 7) is 13.8. The Hall–Kier alpha value is -1.44. The van der Waals surface area contributed by atoms with Gasteiger partial charge in [-0.05, 0) is 64.8 Å². The first-order chi connectivity index (χ1) is 11.9. The highest BCUT2D eigenvalue weighted by molar-refractivity contribution is 7.89. The summed E-state index contributed by atoms with van der Waals surface area (Å²) in [5.41, 5.74) is 1.79. The molecule has 2 rings (SSSR count). The van der Waals surface area contributed by atoms with Crippen molar-refractivity contribution in [1.29, 1.82) is 0 Å². The molecule has 2 N–H and O–H groups in total. The number of quaternary nitrogens is 1. The maximum atomic E-state index is 12.9. The summed E-state index contributed by atoms with van der Waals surface area (Å²) in [7, 11) is -3.48. The average molecular weight is 383 g/mol. The zero-order chi connectivity index (χ0) is 19.7. The highest BCUT2D eigenvalue weighted by atomic mass is 32.2. The number of benzene rings is 1. The van der Waals surface area contributed by atoms with Crippen molar-refractivity contribution in [1.82, 2.24) is 9.62 Å². The number of nitrogens with zero attached hydrogens (tertiary/aromatic N) is 1. The van der Waals surface area contributed by atoms with Gasteiger partial charge in [0.25, 0.3) is 5.91 Å². The molecule has 1 saturated heterocycles. The van der Waals surface area contributed by atoms with Gasteiger partial charge in [-0.25, -0.2) is 8.42 Å². The van der Waals surface area contributed by atoms with Crippen molar-refractivity contribution in [2.75, 3.05) is 26.2 Å². The standard InChI is InChI=1S/C19H31N3O3S/c1-14-7-8-17(13-15(14)2)26(24,25)22-11-9-21(10-12-22)16(3)18(23)20-19(4,5)6/h7-8,13,16H,9-12H2,1-6H3,(H,20,23)/p+1/t16-/m1/s1. The fourth-order valence-electron chi connectivity index (χ4n) is 3.13. The fraction of sp³-hybridized carbons (Fsp3) is 0.632. The van der Waals surface area contributed by atoms with Crippen LogP contribution in [0.3, 0.4) is 0 Å². The number of amides is 1. The molecule has 1 amide bonds. The molecule has 26 heavy (non-hydrogen) atoms. The number of carbonyl (C=O) groups is 1. The zero-order valence-corrected chi connectivity index (χ0v) is 17.5. The number of rotatable bonds is 4. The topological polar surface area (TPSA) is 70.9 Å². The summed E-state index contributed by atoms with van der Waals surface area (Å²) < 4.78 is 27.3. The molecule has 0 aliphatic carbocycles. The maximum absolute atomic E-state index is 12.9. The van der Waals surface area contributed by atoms with Crippen molar-refractivity contribution >= 4 is 15.9 Å². The van der Waals surface area contributed by atoms with Crippen LogP contribution in [-0.4, -0.2) is 56.4 Å². The second-order valence-corrected chi connectivity index (χ2v) is 10.2. The molecule has 0 radical (unpaired) electrons. The molecule has 6 nitrogen and oxygen atoms in total. The lowest BCUT2D eigenvalue weighted by Crippen LogP contribution is -3.19. The number of sulfonamides is 1. The number of piperazine rings is 1. The van der Waals surface area contributed by atoms with E-state index in [1.54, 1.807) is 12.1 Å². The number of nitrogens with one attached hydrogen (secondary N) is 2. The van der Waals surface area contributed by atoms with E-state index in [1.807, 2.05) is 47.6 Å². The minimum Gasteiger partial charge on any atom is -0.346 e. The summed E-state index contributed by atoms with van der Waals surface area (Å²) in [5.74, 6) is 0.0120. The normalized spacial score (nSPS) is 18.5. The molecule has 0 unspecified atom stereocenters. The first kappa shape index (κ1) is 20.9. The van der Waals surface area contributed by atoms with Crippen molar-refractivity contribution in [3.8, 4) is 0 Å². The van der Waals surface area contributed by atoms with Crippen LogP contribution in [-0.2, 0) is 14.8 Å². The lowest BCUT2D eigenvalue weighted by Gasteiger charge is -2.35. The predicted octanol–water partition coefficient (Wildman–Crippen LogP) is 0.496. The number of aryl methyl sites for hydroxylation is 2. The average Bonchev–Trinajstić information content (AvgIpc) is 2.55. The molecule has 1 aromatic rings. The highest BCUT2D eigenvalue weighted by Gasteiger charge is 2.35. The van der Waals surface area contributed by atoms with Crippen LogP contribution in [0.4, 0.5) is 0 Å². The van der Waals surface area contributed by atoms with Gasteiger partial charge in [-0.3, -0.25) is 4.79 Å². The molecule has 1 aliphatic rings. The van der Waals surface area contributed by atoms with Crippen LogP contribution in [0.2, 0.25) is 0 Å². The van der Waals surface area contributed by atoms with Crippen LogP contribution in [0, 0.1) is 13.8 Å². The van der Waals surface area contributed by atoms with E-state index in [4.69, 9.17) is 0 Å². The number of hydrogen-bond donors (Lipinski definition) is 2. The van der Waals surface area contributed by atoms with E-state index >= 15 is 0 Å². The van der Waals surface area contributed by atoms with Crippen LogP contribution < -0.4 is 10.2 Å². The maximum Gasteiger partial charge on any atom is 0.278 e. The van der Waals surface area contributed by atoms with Crippen LogP contribution >= 0.6 is 0 Å². The van der Waals surface area contributed by atoms with Crippen LogP contribution in [0.1, 0.15) is 38.8 Å². The molecule has 1 fully saturated rings. The first-order valence-electron chi connectivity index (χ1n) is 9.16. The van der Waals surface area contributed by atoms with Gasteiger partial charge in [-0.2, -0.15) is 4.31 Å².